The molecule has 0 unspecified atom stereocenters. The summed E-state index contributed by atoms with van der Waals surface area (Å²) in [6.07, 6.45) is 2.44. The number of hydrogen-bond donors (Lipinski definition) is 1. The molecule has 1 aromatic carbocycles. The Morgan fingerprint density at radius 2 is 1.90 bits per heavy atom. The Morgan fingerprint density at radius 3 is 2.77 bits per heavy atom. The van der Waals surface area contributed by atoms with E-state index in [9.17, 15) is 5.11 Å². The predicted molar refractivity (Wildman–Crippen MR) is 112 cm³/mol. The molecular formula is C22H25N5O4. The molecule has 6 rings (SSSR count). The molecule has 0 radical (unpaired) electrons. The van der Waals surface area contributed by atoms with Crippen LogP contribution in [0.4, 0.5) is 5.69 Å². The van der Waals surface area contributed by atoms with Gasteiger partial charge in [-0.1, -0.05) is 0 Å². The molecule has 0 amide bonds. The summed E-state index contributed by atoms with van der Waals surface area (Å²) in [6.45, 7) is 6.14. The van der Waals surface area contributed by atoms with Crippen molar-refractivity contribution in [1.82, 2.24) is 19.8 Å². The molecule has 9 nitrogen and oxygen atoms in total. The first-order chi connectivity index (χ1) is 15.1. The average Bonchev–Trinajstić information content (AvgIpc) is 3.48. The van der Waals surface area contributed by atoms with Crippen LogP contribution in [0.5, 0.6) is 17.2 Å². The van der Waals surface area contributed by atoms with Crippen molar-refractivity contribution in [2.45, 2.75) is 38.9 Å². The number of anilines is 1. The number of benzene rings is 1. The fourth-order valence-electron chi connectivity index (χ4n) is 5.24. The second-order valence-corrected chi connectivity index (χ2v) is 8.79. The second-order valence-electron chi connectivity index (χ2n) is 8.79. The van der Waals surface area contributed by atoms with Gasteiger partial charge in [0.1, 0.15) is 18.2 Å². The lowest BCUT2D eigenvalue weighted by molar-refractivity contribution is -0.0232. The van der Waals surface area contributed by atoms with Crippen molar-refractivity contribution in [2.75, 3.05) is 24.8 Å². The molecule has 1 saturated carbocycles. The lowest BCUT2D eigenvalue weighted by Crippen LogP contribution is -2.42. The zero-order chi connectivity index (χ0) is 21.1. The fraction of sp³-hybridized carbons (Fsp3) is 0.500. The number of fused-ring (bicyclic) bond motifs is 3. The van der Waals surface area contributed by atoms with Crippen LogP contribution >= 0.6 is 0 Å². The molecular weight excluding hydrogens is 398 g/mol. The number of nitrogens with zero attached hydrogens (tertiary/aromatic N) is 5. The molecule has 0 bridgehead atoms. The van der Waals surface area contributed by atoms with Crippen molar-refractivity contribution in [1.29, 1.82) is 0 Å². The van der Waals surface area contributed by atoms with Crippen LogP contribution in [0.3, 0.4) is 0 Å². The van der Waals surface area contributed by atoms with E-state index in [0.29, 0.717) is 23.3 Å². The Balaban J connectivity index is 1.22. The van der Waals surface area contributed by atoms with E-state index in [1.165, 1.54) is 0 Å². The standard InChI is InChI=1S/C22H25N5O4/c1-12-13(2)25-27-10-23-24-22(27)21(12)26-8-14-5-17(28)19(6-15(14)9-26)31-16-3-4-18-20(7-16)30-11-29-18/h3-4,7,10,14-15,17,19,28H,5-6,8-9,11H2,1-2H3/t14-,15+,17+,19+/m0/s1. The SMILES string of the molecule is Cc1nn2cnnc2c(N2C[C@H]3C[C@@H](Oc4ccc5c(c4)OCO5)[C@H](O)C[C@H]3C2)c1C. The lowest BCUT2D eigenvalue weighted by atomic mass is 9.78. The molecule has 1 saturated heterocycles. The van der Waals surface area contributed by atoms with Crippen molar-refractivity contribution < 1.29 is 19.3 Å². The van der Waals surface area contributed by atoms with Crippen LogP contribution in [0.25, 0.3) is 5.65 Å². The highest BCUT2D eigenvalue weighted by atomic mass is 16.7. The van der Waals surface area contributed by atoms with Gasteiger partial charge in [-0.15, -0.1) is 10.2 Å². The van der Waals surface area contributed by atoms with Gasteiger partial charge in [-0.05, 0) is 56.2 Å². The van der Waals surface area contributed by atoms with Gasteiger partial charge >= 0.3 is 0 Å². The van der Waals surface area contributed by atoms with Crippen molar-refractivity contribution in [3.63, 3.8) is 0 Å². The topological polar surface area (TPSA) is 94.2 Å². The molecule has 4 atom stereocenters. The maximum absolute atomic E-state index is 10.8. The van der Waals surface area contributed by atoms with Gasteiger partial charge in [-0.3, -0.25) is 0 Å². The summed E-state index contributed by atoms with van der Waals surface area (Å²) in [5, 5.41) is 23.7. The Morgan fingerprint density at radius 1 is 1.10 bits per heavy atom. The van der Waals surface area contributed by atoms with Gasteiger partial charge in [0, 0.05) is 19.2 Å². The number of ether oxygens (including phenoxy) is 3. The van der Waals surface area contributed by atoms with Crippen LogP contribution in [-0.2, 0) is 0 Å². The van der Waals surface area contributed by atoms with Gasteiger partial charge in [0.15, 0.2) is 11.5 Å². The van der Waals surface area contributed by atoms with Crippen LogP contribution in [0, 0.1) is 25.7 Å². The molecule has 3 aromatic rings. The quantitative estimate of drug-likeness (QED) is 0.685. The summed E-state index contributed by atoms with van der Waals surface area (Å²) in [5.74, 6) is 2.98. The molecule has 2 fully saturated rings. The fourth-order valence-corrected chi connectivity index (χ4v) is 5.24. The number of aryl methyl sites for hydroxylation is 1. The third-order valence-corrected chi connectivity index (χ3v) is 6.93. The van der Waals surface area contributed by atoms with Gasteiger partial charge in [-0.2, -0.15) is 9.61 Å². The lowest BCUT2D eigenvalue weighted by Gasteiger charge is -2.35. The van der Waals surface area contributed by atoms with E-state index in [1.54, 1.807) is 10.8 Å². The summed E-state index contributed by atoms with van der Waals surface area (Å²) in [6, 6.07) is 5.57. The van der Waals surface area contributed by atoms with E-state index in [4.69, 9.17) is 14.2 Å². The third-order valence-electron chi connectivity index (χ3n) is 6.93. The van der Waals surface area contributed by atoms with Crippen LogP contribution in [-0.4, -0.2) is 57.0 Å². The highest BCUT2D eigenvalue weighted by molar-refractivity contribution is 5.73. The first-order valence-corrected chi connectivity index (χ1v) is 10.7. The number of rotatable bonds is 3. The zero-order valence-electron chi connectivity index (χ0n) is 17.6. The van der Waals surface area contributed by atoms with E-state index in [0.717, 1.165) is 54.3 Å². The van der Waals surface area contributed by atoms with Crippen LogP contribution in [0.1, 0.15) is 24.1 Å². The summed E-state index contributed by atoms with van der Waals surface area (Å²) >= 11 is 0. The van der Waals surface area contributed by atoms with E-state index in [1.807, 2.05) is 25.1 Å². The van der Waals surface area contributed by atoms with Gasteiger partial charge < -0.3 is 24.2 Å². The minimum absolute atomic E-state index is 0.234. The molecule has 162 valence electrons. The number of aliphatic hydroxyl groups is 1. The summed E-state index contributed by atoms with van der Waals surface area (Å²) in [7, 11) is 0. The molecule has 9 heteroatoms. The van der Waals surface area contributed by atoms with Crippen molar-refractivity contribution in [2.24, 2.45) is 11.8 Å². The summed E-state index contributed by atoms with van der Waals surface area (Å²) < 4.78 is 18.8. The van der Waals surface area contributed by atoms with E-state index in [-0.39, 0.29) is 12.9 Å². The van der Waals surface area contributed by atoms with Crippen molar-refractivity contribution in [3.8, 4) is 17.2 Å². The summed E-state index contributed by atoms with van der Waals surface area (Å²) in [4.78, 5) is 2.39. The zero-order valence-corrected chi connectivity index (χ0v) is 17.6. The van der Waals surface area contributed by atoms with Crippen molar-refractivity contribution >= 4 is 11.3 Å². The maximum Gasteiger partial charge on any atom is 0.231 e. The number of aliphatic hydroxyl groups excluding tert-OH is 1. The largest absolute Gasteiger partial charge is 0.488 e. The molecule has 2 aliphatic heterocycles. The molecule has 31 heavy (non-hydrogen) atoms. The van der Waals surface area contributed by atoms with Gasteiger partial charge in [-0.25, -0.2) is 0 Å². The third kappa shape index (κ3) is 3.06. The monoisotopic (exact) mass is 423 g/mol. The molecule has 1 aliphatic carbocycles. The molecule has 2 aromatic heterocycles. The summed E-state index contributed by atoms with van der Waals surface area (Å²) in [5.41, 5.74) is 3.99. The Kier molecular flexibility index (Phi) is 4.21. The van der Waals surface area contributed by atoms with Crippen LogP contribution in [0.2, 0.25) is 0 Å². The maximum atomic E-state index is 10.8. The van der Waals surface area contributed by atoms with Gasteiger partial charge in [0.25, 0.3) is 0 Å². The predicted octanol–water partition coefficient (Wildman–Crippen LogP) is 2.12. The van der Waals surface area contributed by atoms with E-state index in [2.05, 4.69) is 27.1 Å². The number of aromatic nitrogens is 4. The van der Waals surface area contributed by atoms with E-state index < -0.39 is 6.10 Å². The number of hydrogen-bond acceptors (Lipinski definition) is 8. The van der Waals surface area contributed by atoms with Gasteiger partial charge in [0.05, 0.1) is 17.5 Å². The highest BCUT2D eigenvalue weighted by Gasteiger charge is 2.43. The van der Waals surface area contributed by atoms with Crippen LogP contribution < -0.4 is 19.1 Å². The smallest absolute Gasteiger partial charge is 0.231 e. The minimum Gasteiger partial charge on any atom is -0.488 e. The van der Waals surface area contributed by atoms with Crippen molar-refractivity contribution in [3.05, 3.63) is 35.8 Å². The van der Waals surface area contributed by atoms with E-state index >= 15 is 0 Å². The Bertz CT molecular complexity index is 1150. The molecule has 0 spiro atoms. The minimum atomic E-state index is -0.500. The molecule has 3 aliphatic rings. The first kappa shape index (κ1) is 18.7. The van der Waals surface area contributed by atoms with Gasteiger partial charge in [0.2, 0.25) is 12.4 Å². The highest BCUT2D eigenvalue weighted by Crippen LogP contribution is 2.42. The normalized spacial score (nSPS) is 27.0. The first-order valence-electron chi connectivity index (χ1n) is 10.7. The van der Waals surface area contributed by atoms with Crippen LogP contribution in [0.15, 0.2) is 24.5 Å². The molecule has 1 N–H and O–H groups in total. The Labute approximate surface area is 179 Å². The second kappa shape index (κ2) is 6.98. The average molecular weight is 423 g/mol. The Hall–Kier alpha value is -3.07. The molecule has 4 heterocycles.